The molecule has 20 heavy (non-hydrogen) atoms. The summed E-state index contributed by atoms with van der Waals surface area (Å²) in [6.45, 7) is 5.35. The maximum absolute atomic E-state index is 12.0. The van der Waals surface area contributed by atoms with Crippen LogP contribution in [0.3, 0.4) is 0 Å². The van der Waals surface area contributed by atoms with Gasteiger partial charge in [-0.3, -0.25) is 9.69 Å². The van der Waals surface area contributed by atoms with Gasteiger partial charge in [-0.2, -0.15) is 0 Å². The molecule has 2 atom stereocenters. The minimum Gasteiger partial charge on any atom is -0.348 e. The molecule has 0 aromatic carbocycles. The number of rotatable bonds is 7. The molecule has 0 aliphatic carbocycles. The van der Waals surface area contributed by atoms with Crippen molar-refractivity contribution in [3.05, 3.63) is 20.8 Å². The van der Waals surface area contributed by atoms with Gasteiger partial charge in [-0.25, -0.2) is 0 Å². The SMILES string of the molecule is CCC(N)C(c1cc(Br)cs1)N(CC)CC(=O)N(C)C. The number of hydrogen-bond acceptors (Lipinski definition) is 4. The van der Waals surface area contributed by atoms with Crippen molar-refractivity contribution < 1.29 is 4.79 Å². The van der Waals surface area contributed by atoms with Gasteiger partial charge in [0.1, 0.15) is 0 Å². The van der Waals surface area contributed by atoms with Crippen LogP contribution >= 0.6 is 27.3 Å². The van der Waals surface area contributed by atoms with Gasteiger partial charge in [-0.1, -0.05) is 13.8 Å². The lowest BCUT2D eigenvalue weighted by Gasteiger charge is -2.34. The first kappa shape index (κ1) is 17.6. The highest BCUT2D eigenvalue weighted by Gasteiger charge is 2.27. The lowest BCUT2D eigenvalue weighted by atomic mass is 10.0. The Morgan fingerprint density at radius 1 is 1.45 bits per heavy atom. The van der Waals surface area contributed by atoms with E-state index in [1.165, 1.54) is 4.88 Å². The summed E-state index contributed by atoms with van der Waals surface area (Å²) < 4.78 is 1.07. The summed E-state index contributed by atoms with van der Waals surface area (Å²) in [4.78, 5) is 17.0. The van der Waals surface area contributed by atoms with E-state index in [0.29, 0.717) is 6.54 Å². The fourth-order valence-corrected chi connectivity index (χ4v) is 3.74. The Labute approximate surface area is 134 Å². The average molecular weight is 362 g/mol. The third-order valence-electron chi connectivity index (χ3n) is 3.39. The van der Waals surface area contributed by atoms with Gasteiger partial charge < -0.3 is 10.6 Å². The van der Waals surface area contributed by atoms with Gasteiger partial charge in [0.2, 0.25) is 5.91 Å². The van der Waals surface area contributed by atoms with Crippen molar-refractivity contribution in [2.45, 2.75) is 32.4 Å². The molecule has 6 heteroatoms. The summed E-state index contributed by atoms with van der Waals surface area (Å²) in [6.07, 6.45) is 0.882. The van der Waals surface area contributed by atoms with E-state index in [0.717, 1.165) is 17.4 Å². The summed E-state index contributed by atoms with van der Waals surface area (Å²) >= 11 is 5.18. The first-order valence-corrected chi connectivity index (χ1v) is 8.51. The molecule has 1 rings (SSSR count). The van der Waals surface area contributed by atoms with Gasteiger partial charge in [0.15, 0.2) is 0 Å². The Morgan fingerprint density at radius 2 is 2.10 bits per heavy atom. The van der Waals surface area contributed by atoms with Crippen molar-refractivity contribution in [3.63, 3.8) is 0 Å². The number of thiophene rings is 1. The van der Waals surface area contributed by atoms with Crippen LogP contribution in [0.1, 0.15) is 31.2 Å². The number of likely N-dealkylation sites (N-methyl/N-ethyl adjacent to an activating group) is 2. The second-order valence-corrected chi connectivity index (χ2v) is 6.89. The van der Waals surface area contributed by atoms with Crippen molar-refractivity contribution in [1.29, 1.82) is 0 Å². The molecule has 1 heterocycles. The van der Waals surface area contributed by atoms with Crippen molar-refractivity contribution >= 4 is 33.2 Å². The van der Waals surface area contributed by atoms with E-state index in [-0.39, 0.29) is 18.0 Å². The molecule has 1 amide bonds. The highest BCUT2D eigenvalue weighted by Crippen LogP contribution is 2.32. The lowest BCUT2D eigenvalue weighted by Crippen LogP contribution is -2.45. The molecule has 0 aliphatic rings. The number of amides is 1. The zero-order valence-corrected chi connectivity index (χ0v) is 15.0. The molecule has 2 unspecified atom stereocenters. The first-order chi connectivity index (χ1) is 9.40. The number of halogens is 1. The fraction of sp³-hybridized carbons (Fsp3) is 0.643. The topological polar surface area (TPSA) is 49.6 Å². The van der Waals surface area contributed by atoms with Crippen LogP contribution in [-0.4, -0.2) is 48.9 Å². The molecule has 4 nitrogen and oxygen atoms in total. The second kappa shape index (κ2) is 8.12. The van der Waals surface area contributed by atoms with Crippen molar-refractivity contribution in [3.8, 4) is 0 Å². The van der Waals surface area contributed by atoms with Crippen LogP contribution in [0.4, 0.5) is 0 Å². The number of carbonyl (C=O) groups is 1. The first-order valence-electron chi connectivity index (χ1n) is 6.84. The molecule has 0 bridgehead atoms. The quantitative estimate of drug-likeness (QED) is 0.811. The molecule has 0 saturated heterocycles. The lowest BCUT2D eigenvalue weighted by molar-refractivity contribution is -0.130. The van der Waals surface area contributed by atoms with Gasteiger partial charge in [-0.05, 0) is 35.0 Å². The highest BCUT2D eigenvalue weighted by molar-refractivity contribution is 9.10. The zero-order chi connectivity index (χ0) is 15.3. The van der Waals surface area contributed by atoms with Gasteiger partial charge >= 0.3 is 0 Å². The maximum atomic E-state index is 12.0. The number of nitrogens with zero attached hydrogens (tertiary/aromatic N) is 2. The summed E-state index contributed by atoms with van der Waals surface area (Å²) in [5, 5.41) is 2.06. The second-order valence-electron chi connectivity index (χ2n) is 5.04. The summed E-state index contributed by atoms with van der Waals surface area (Å²) in [5.41, 5.74) is 6.31. The number of hydrogen-bond donors (Lipinski definition) is 1. The molecule has 0 fully saturated rings. The Bertz CT molecular complexity index is 436. The van der Waals surface area contributed by atoms with E-state index in [4.69, 9.17) is 5.73 Å². The van der Waals surface area contributed by atoms with Crippen LogP contribution < -0.4 is 5.73 Å². The molecular formula is C14H24BrN3OS. The Morgan fingerprint density at radius 3 is 2.50 bits per heavy atom. The van der Waals surface area contributed by atoms with Crippen molar-refractivity contribution in [2.75, 3.05) is 27.2 Å². The Hall–Kier alpha value is -0.430. The van der Waals surface area contributed by atoms with E-state index >= 15 is 0 Å². The smallest absolute Gasteiger partial charge is 0.236 e. The Kier molecular flexibility index (Phi) is 7.15. The van der Waals surface area contributed by atoms with Crippen LogP contribution in [0.5, 0.6) is 0 Å². The Balaban J connectivity index is 2.98. The normalized spacial score (nSPS) is 14.3. The summed E-state index contributed by atoms with van der Waals surface area (Å²) in [5.74, 6) is 0.107. The standard InChI is InChI=1S/C14H24BrN3OS/c1-5-11(16)14(12-7-10(15)9-20-12)18(6-2)8-13(19)17(3)4/h7,9,11,14H,5-6,8,16H2,1-4H3. The van der Waals surface area contributed by atoms with Crippen LogP contribution in [0, 0.1) is 0 Å². The van der Waals surface area contributed by atoms with Crippen molar-refractivity contribution in [2.24, 2.45) is 5.73 Å². The zero-order valence-electron chi connectivity index (χ0n) is 12.6. The summed E-state index contributed by atoms with van der Waals surface area (Å²) in [7, 11) is 3.57. The minimum absolute atomic E-state index is 0.0236. The third kappa shape index (κ3) is 4.55. The van der Waals surface area contributed by atoms with Crippen molar-refractivity contribution in [1.82, 2.24) is 9.80 Å². The largest absolute Gasteiger partial charge is 0.348 e. The fourth-order valence-electron chi connectivity index (χ4n) is 2.09. The van der Waals surface area contributed by atoms with Gasteiger partial charge in [0.25, 0.3) is 0 Å². The molecule has 2 N–H and O–H groups in total. The van der Waals surface area contributed by atoms with Gasteiger partial charge in [-0.15, -0.1) is 11.3 Å². The monoisotopic (exact) mass is 361 g/mol. The number of carbonyl (C=O) groups excluding carboxylic acids is 1. The highest BCUT2D eigenvalue weighted by atomic mass is 79.9. The molecule has 0 radical (unpaired) electrons. The van der Waals surface area contributed by atoms with E-state index < -0.39 is 0 Å². The molecule has 1 aromatic rings. The van der Waals surface area contributed by atoms with Crippen LogP contribution in [0.15, 0.2) is 15.9 Å². The molecule has 0 spiro atoms. The predicted molar refractivity (Wildman–Crippen MR) is 89.0 cm³/mol. The van der Waals surface area contributed by atoms with E-state index in [1.807, 2.05) is 0 Å². The van der Waals surface area contributed by atoms with E-state index in [9.17, 15) is 4.79 Å². The van der Waals surface area contributed by atoms with Gasteiger partial charge in [0, 0.05) is 34.9 Å². The molecule has 0 aliphatic heterocycles. The van der Waals surface area contributed by atoms with Crippen LogP contribution in [-0.2, 0) is 4.79 Å². The molecule has 114 valence electrons. The third-order valence-corrected chi connectivity index (χ3v) is 5.16. The number of nitrogens with two attached hydrogens (primary N) is 1. The van der Waals surface area contributed by atoms with E-state index in [2.05, 4.69) is 46.1 Å². The van der Waals surface area contributed by atoms with Gasteiger partial charge in [0.05, 0.1) is 12.6 Å². The summed E-state index contributed by atoms with van der Waals surface area (Å²) in [6, 6.07) is 2.22. The predicted octanol–water partition coefficient (Wildman–Crippen LogP) is 2.70. The average Bonchev–Trinajstić information content (AvgIpc) is 2.83. The van der Waals surface area contributed by atoms with E-state index in [1.54, 1.807) is 30.3 Å². The molecule has 0 saturated carbocycles. The molecule has 1 aromatic heterocycles. The van der Waals surface area contributed by atoms with Crippen LogP contribution in [0.2, 0.25) is 0 Å². The molecular weight excluding hydrogens is 338 g/mol. The maximum Gasteiger partial charge on any atom is 0.236 e. The minimum atomic E-state index is 0.0236. The van der Waals surface area contributed by atoms with Crippen LogP contribution in [0.25, 0.3) is 0 Å².